The maximum absolute atomic E-state index is 5.96. The van der Waals surface area contributed by atoms with E-state index in [0.29, 0.717) is 15.8 Å². The summed E-state index contributed by atoms with van der Waals surface area (Å²) in [5, 5.41) is 3.98. The fourth-order valence-electron chi connectivity index (χ4n) is 1.96. The second kappa shape index (κ2) is 6.24. The fourth-order valence-corrected chi connectivity index (χ4v) is 3.22. The van der Waals surface area contributed by atoms with E-state index in [1.807, 2.05) is 38.1 Å². The highest BCUT2D eigenvalue weighted by Crippen LogP contribution is 2.27. The molecule has 0 fully saturated rings. The van der Waals surface area contributed by atoms with Crippen LogP contribution in [-0.2, 0) is 0 Å². The summed E-state index contributed by atoms with van der Waals surface area (Å²) in [7, 11) is 0. The van der Waals surface area contributed by atoms with E-state index in [-0.39, 0.29) is 0 Å². The Balaban J connectivity index is 2.50. The minimum atomic E-state index is 0.335. The van der Waals surface area contributed by atoms with Crippen LogP contribution in [0.15, 0.2) is 24.3 Å². The lowest BCUT2D eigenvalue weighted by Crippen LogP contribution is -2.15. The zero-order valence-corrected chi connectivity index (χ0v) is 14.7. The molecular weight excluding hydrogens is 405 g/mol. The van der Waals surface area contributed by atoms with Gasteiger partial charge in [-0.05, 0) is 66.3 Å². The van der Waals surface area contributed by atoms with E-state index < -0.39 is 0 Å². The summed E-state index contributed by atoms with van der Waals surface area (Å²) in [6.07, 6.45) is 0. The molecule has 2 rings (SSSR count). The summed E-state index contributed by atoms with van der Waals surface area (Å²) < 4.78 is 1.00. The quantitative estimate of drug-likeness (QED) is 0.576. The Bertz CT molecular complexity index is 688. The lowest BCUT2D eigenvalue weighted by Gasteiger charge is -2.15. The number of hydrogen-bond donors (Lipinski definition) is 2. The number of nitrogens with one attached hydrogen (secondary N) is 1. The molecule has 6 heteroatoms. The summed E-state index contributed by atoms with van der Waals surface area (Å²) >= 11 is 13.3. The molecule has 1 aromatic heterocycles. The molecule has 1 aromatic carbocycles. The summed E-state index contributed by atoms with van der Waals surface area (Å²) in [5.74, 6) is 0.676. The second-order valence-electron chi connectivity index (χ2n) is 4.42. The van der Waals surface area contributed by atoms with E-state index in [1.54, 1.807) is 0 Å². The number of halogens is 2. The molecule has 3 N–H and O–H groups in total. The summed E-state index contributed by atoms with van der Waals surface area (Å²) in [6.45, 7) is 3.91. The SMILES string of the molecule is Cc1cc(C)c(C(N)=S)c(Nc2ccc(Cl)cc2I)n1. The highest BCUT2D eigenvalue weighted by molar-refractivity contribution is 14.1. The largest absolute Gasteiger partial charge is 0.389 e. The number of aryl methyl sites for hydroxylation is 2. The Morgan fingerprint density at radius 2 is 2.05 bits per heavy atom. The number of nitrogens with two attached hydrogens (primary N) is 1. The van der Waals surface area contributed by atoms with E-state index in [9.17, 15) is 0 Å². The molecule has 0 amide bonds. The van der Waals surface area contributed by atoms with Crippen molar-refractivity contribution in [3.63, 3.8) is 0 Å². The molecule has 0 unspecified atom stereocenters. The third-order valence-electron chi connectivity index (χ3n) is 2.78. The number of anilines is 2. The highest BCUT2D eigenvalue weighted by Gasteiger charge is 2.12. The second-order valence-corrected chi connectivity index (χ2v) is 6.46. The van der Waals surface area contributed by atoms with Crippen LogP contribution in [0.5, 0.6) is 0 Å². The maximum atomic E-state index is 5.96. The molecule has 1 heterocycles. The molecule has 0 bridgehead atoms. The van der Waals surface area contributed by atoms with Gasteiger partial charge in [-0.25, -0.2) is 4.98 Å². The topological polar surface area (TPSA) is 50.9 Å². The third kappa shape index (κ3) is 3.39. The number of pyridine rings is 1. The highest BCUT2D eigenvalue weighted by atomic mass is 127. The van der Waals surface area contributed by atoms with Gasteiger partial charge in [0.25, 0.3) is 0 Å². The van der Waals surface area contributed by atoms with Gasteiger partial charge in [0.2, 0.25) is 0 Å². The van der Waals surface area contributed by atoms with Crippen LogP contribution in [0.4, 0.5) is 11.5 Å². The molecule has 0 aliphatic rings. The number of benzene rings is 1. The zero-order chi connectivity index (χ0) is 14.9. The van der Waals surface area contributed by atoms with E-state index in [0.717, 1.165) is 26.1 Å². The van der Waals surface area contributed by atoms with E-state index in [4.69, 9.17) is 29.6 Å². The van der Waals surface area contributed by atoms with Crippen LogP contribution in [-0.4, -0.2) is 9.97 Å². The van der Waals surface area contributed by atoms with Crippen molar-refractivity contribution in [2.75, 3.05) is 5.32 Å². The molecule has 0 aliphatic heterocycles. The Hall–Kier alpha value is -0.920. The monoisotopic (exact) mass is 417 g/mol. The van der Waals surface area contributed by atoms with Crippen molar-refractivity contribution in [3.05, 3.63) is 49.7 Å². The molecule has 2 aromatic rings. The van der Waals surface area contributed by atoms with Gasteiger partial charge < -0.3 is 11.1 Å². The third-order valence-corrected chi connectivity index (χ3v) is 4.11. The van der Waals surface area contributed by atoms with Gasteiger partial charge in [-0.3, -0.25) is 0 Å². The number of aromatic nitrogens is 1. The molecule has 3 nitrogen and oxygen atoms in total. The summed E-state index contributed by atoms with van der Waals surface area (Å²) in [4.78, 5) is 4.83. The van der Waals surface area contributed by atoms with Crippen molar-refractivity contribution in [3.8, 4) is 0 Å². The van der Waals surface area contributed by atoms with Crippen molar-refractivity contribution in [2.24, 2.45) is 5.73 Å². The predicted molar refractivity (Wildman–Crippen MR) is 97.1 cm³/mol. The molecular formula is C14H13ClIN3S. The average molecular weight is 418 g/mol. The predicted octanol–water partition coefficient (Wildman–Crippen LogP) is 4.33. The molecule has 0 radical (unpaired) electrons. The van der Waals surface area contributed by atoms with Crippen molar-refractivity contribution < 1.29 is 0 Å². The first-order valence-electron chi connectivity index (χ1n) is 5.88. The van der Waals surface area contributed by atoms with Gasteiger partial charge in [-0.15, -0.1) is 0 Å². The van der Waals surface area contributed by atoms with Gasteiger partial charge in [0, 0.05) is 14.3 Å². The van der Waals surface area contributed by atoms with Gasteiger partial charge in [0.15, 0.2) is 0 Å². The molecule has 0 saturated heterocycles. The van der Waals surface area contributed by atoms with Crippen LogP contribution >= 0.6 is 46.4 Å². The minimum Gasteiger partial charge on any atom is -0.389 e. The molecule has 0 spiro atoms. The number of nitrogens with zero attached hydrogens (tertiary/aromatic N) is 1. The molecule has 20 heavy (non-hydrogen) atoms. The molecule has 0 saturated carbocycles. The van der Waals surface area contributed by atoms with Crippen molar-refractivity contribution in [2.45, 2.75) is 13.8 Å². The normalized spacial score (nSPS) is 10.4. The van der Waals surface area contributed by atoms with Crippen LogP contribution in [0, 0.1) is 17.4 Å². The van der Waals surface area contributed by atoms with Gasteiger partial charge in [0.1, 0.15) is 10.8 Å². The first-order valence-corrected chi connectivity index (χ1v) is 7.75. The zero-order valence-electron chi connectivity index (χ0n) is 11.0. The Labute approximate surface area is 142 Å². The van der Waals surface area contributed by atoms with Crippen molar-refractivity contribution in [1.29, 1.82) is 0 Å². The smallest absolute Gasteiger partial charge is 0.141 e. The van der Waals surface area contributed by atoms with Crippen LogP contribution in [0.25, 0.3) is 0 Å². The van der Waals surface area contributed by atoms with E-state index in [1.165, 1.54) is 0 Å². The average Bonchev–Trinajstić information content (AvgIpc) is 2.31. The first-order chi connectivity index (χ1) is 9.38. The number of thiocarbonyl (C=S) groups is 1. The van der Waals surface area contributed by atoms with Gasteiger partial charge in [-0.1, -0.05) is 23.8 Å². The lowest BCUT2D eigenvalue weighted by atomic mass is 10.1. The van der Waals surface area contributed by atoms with Gasteiger partial charge in [-0.2, -0.15) is 0 Å². The van der Waals surface area contributed by atoms with E-state index in [2.05, 4.69) is 32.9 Å². The maximum Gasteiger partial charge on any atom is 0.141 e. The van der Waals surface area contributed by atoms with Crippen LogP contribution in [0.1, 0.15) is 16.8 Å². The van der Waals surface area contributed by atoms with Crippen molar-refractivity contribution in [1.82, 2.24) is 4.98 Å². The van der Waals surface area contributed by atoms with E-state index >= 15 is 0 Å². The summed E-state index contributed by atoms with van der Waals surface area (Å²) in [5.41, 5.74) is 9.43. The van der Waals surface area contributed by atoms with Crippen LogP contribution in [0.2, 0.25) is 5.02 Å². The standard InChI is InChI=1S/C14H13ClIN3S/c1-7-5-8(2)18-14(12(7)13(17)20)19-11-4-3-9(15)6-10(11)16/h3-6H,1-2H3,(H2,17,20)(H,18,19). The van der Waals surface area contributed by atoms with Crippen molar-refractivity contribution >= 4 is 62.9 Å². The first kappa shape index (κ1) is 15.5. The number of hydrogen-bond acceptors (Lipinski definition) is 3. The van der Waals surface area contributed by atoms with Gasteiger partial charge >= 0.3 is 0 Å². The molecule has 0 aliphatic carbocycles. The van der Waals surface area contributed by atoms with Crippen LogP contribution < -0.4 is 11.1 Å². The molecule has 104 valence electrons. The molecule has 0 atom stereocenters. The number of rotatable bonds is 3. The Morgan fingerprint density at radius 1 is 1.35 bits per heavy atom. The van der Waals surface area contributed by atoms with Gasteiger partial charge in [0.05, 0.1) is 11.3 Å². The lowest BCUT2D eigenvalue weighted by molar-refractivity contribution is 1.17. The Morgan fingerprint density at radius 3 is 2.65 bits per heavy atom. The summed E-state index contributed by atoms with van der Waals surface area (Å²) in [6, 6.07) is 7.59. The minimum absolute atomic E-state index is 0.335. The Kier molecular flexibility index (Phi) is 4.82. The van der Waals surface area contributed by atoms with Crippen LogP contribution in [0.3, 0.4) is 0 Å². The fraction of sp³-hybridized carbons (Fsp3) is 0.143.